The van der Waals surface area contributed by atoms with Crippen molar-refractivity contribution in [3.8, 4) is 0 Å². The van der Waals surface area contributed by atoms with E-state index in [2.05, 4.69) is 19.9 Å². The summed E-state index contributed by atoms with van der Waals surface area (Å²) in [6.07, 6.45) is 1.55. The molecule has 7 heteroatoms. The van der Waals surface area contributed by atoms with E-state index in [0.717, 1.165) is 31.3 Å². The molecule has 18 heavy (non-hydrogen) atoms. The predicted octanol–water partition coefficient (Wildman–Crippen LogP) is 1.39. The smallest absolute Gasteiger partial charge is 0.349 e. The molecule has 1 aliphatic heterocycles. The topological polar surface area (TPSA) is 54.5 Å². The summed E-state index contributed by atoms with van der Waals surface area (Å²) in [5, 5.41) is 4.02. The summed E-state index contributed by atoms with van der Waals surface area (Å²) in [7, 11) is 1.38. The van der Waals surface area contributed by atoms with E-state index in [4.69, 9.17) is 0 Å². The molecular formula is C11H17N3O2S2. The lowest BCUT2D eigenvalue weighted by Crippen LogP contribution is -2.36. The van der Waals surface area contributed by atoms with Crippen molar-refractivity contribution in [1.82, 2.24) is 9.88 Å². The molecule has 0 atom stereocenters. The molecular weight excluding hydrogens is 270 g/mol. The van der Waals surface area contributed by atoms with Crippen molar-refractivity contribution >= 4 is 34.2 Å². The number of hydrogen-bond acceptors (Lipinski definition) is 7. The minimum absolute atomic E-state index is 0.325. The highest BCUT2D eigenvalue weighted by molar-refractivity contribution is 7.99. The van der Waals surface area contributed by atoms with Crippen molar-refractivity contribution < 1.29 is 9.53 Å². The highest BCUT2D eigenvalue weighted by Crippen LogP contribution is 2.18. The fourth-order valence-electron chi connectivity index (χ4n) is 1.70. The molecule has 1 aromatic rings. The Balaban J connectivity index is 1.72. The largest absolute Gasteiger partial charge is 0.465 e. The van der Waals surface area contributed by atoms with Crippen LogP contribution in [0.2, 0.25) is 0 Å². The number of rotatable bonds is 5. The van der Waals surface area contributed by atoms with Crippen LogP contribution in [-0.4, -0.2) is 60.6 Å². The van der Waals surface area contributed by atoms with Crippen LogP contribution in [-0.2, 0) is 4.74 Å². The molecule has 0 bridgehead atoms. The maximum Gasteiger partial charge on any atom is 0.349 e. The SMILES string of the molecule is COC(=O)c1cnc(NCCN2CCSCC2)s1. The number of methoxy groups -OCH3 is 1. The molecule has 0 amide bonds. The van der Waals surface area contributed by atoms with Crippen LogP contribution < -0.4 is 5.32 Å². The number of thiazole rings is 1. The number of hydrogen-bond donors (Lipinski definition) is 1. The lowest BCUT2D eigenvalue weighted by molar-refractivity contribution is 0.0606. The number of anilines is 1. The van der Waals surface area contributed by atoms with Gasteiger partial charge in [-0.25, -0.2) is 9.78 Å². The number of carbonyl (C=O) groups excluding carboxylic acids is 1. The third-order valence-electron chi connectivity index (χ3n) is 2.70. The van der Waals surface area contributed by atoms with E-state index < -0.39 is 0 Å². The van der Waals surface area contributed by atoms with E-state index >= 15 is 0 Å². The van der Waals surface area contributed by atoms with Gasteiger partial charge in [0.05, 0.1) is 13.3 Å². The van der Waals surface area contributed by atoms with Crippen molar-refractivity contribution in [1.29, 1.82) is 0 Å². The molecule has 0 unspecified atom stereocenters. The standard InChI is InChI=1S/C11H17N3O2S2/c1-16-10(15)9-8-13-11(18-9)12-2-3-14-4-6-17-7-5-14/h8H,2-7H2,1H3,(H,12,13). The molecule has 100 valence electrons. The summed E-state index contributed by atoms with van der Waals surface area (Å²) in [6, 6.07) is 0. The number of aromatic nitrogens is 1. The first kappa shape index (κ1) is 13.6. The summed E-state index contributed by atoms with van der Waals surface area (Å²) in [4.78, 5) is 18.4. The second-order valence-electron chi connectivity index (χ2n) is 3.90. The van der Waals surface area contributed by atoms with Crippen LogP contribution >= 0.6 is 23.1 Å². The second kappa shape index (κ2) is 6.96. The molecule has 0 aliphatic carbocycles. The first-order valence-electron chi connectivity index (χ1n) is 5.87. The minimum Gasteiger partial charge on any atom is -0.465 e. The Kier molecular flexibility index (Phi) is 5.27. The monoisotopic (exact) mass is 287 g/mol. The molecule has 0 aromatic carbocycles. The van der Waals surface area contributed by atoms with Crippen molar-refractivity contribution in [3.63, 3.8) is 0 Å². The van der Waals surface area contributed by atoms with E-state index in [0.29, 0.717) is 4.88 Å². The van der Waals surface area contributed by atoms with Crippen LogP contribution in [0.15, 0.2) is 6.20 Å². The summed E-state index contributed by atoms with van der Waals surface area (Å²) >= 11 is 3.35. The number of nitrogens with one attached hydrogen (secondary N) is 1. The van der Waals surface area contributed by atoms with Crippen molar-refractivity contribution in [2.45, 2.75) is 0 Å². The van der Waals surface area contributed by atoms with Crippen LogP contribution in [0.1, 0.15) is 9.67 Å². The van der Waals surface area contributed by atoms with Crippen molar-refractivity contribution in [2.24, 2.45) is 0 Å². The lowest BCUT2D eigenvalue weighted by atomic mass is 10.4. The van der Waals surface area contributed by atoms with Crippen LogP contribution in [0.3, 0.4) is 0 Å². The molecule has 0 spiro atoms. The Morgan fingerprint density at radius 1 is 1.56 bits per heavy atom. The van der Waals surface area contributed by atoms with E-state index in [1.165, 1.54) is 30.0 Å². The molecule has 1 fully saturated rings. The first-order valence-corrected chi connectivity index (χ1v) is 7.85. The van der Waals surface area contributed by atoms with Gasteiger partial charge in [-0.1, -0.05) is 11.3 Å². The van der Waals surface area contributed by atoms with Crippen LogP contribution in [0, 0.1) is 0 Å². The molecule has 1 aromatic heterocycles. The third kappa shape index (κ3) is 3.86. The van der Waals surface area contributed by atoms with Gasteiger partial charge in [0, 0.05) is 37.7 Å². The van der Waals surface area contributed by atoms with Gasteiger partial charge in [-0.2, -0.15) is 11.8 Å². The molecule has 1 saturated heterocycles. The first-order chi connectivity index (χ1) is 8.79. The van der Waals surface area contributed by atoms with Gasteiger partial charge in [0.2, 0.25) is 0 Å². The highest BCUT2D eigenvalue weighted by Gasteiger charge is 2.12. The number of ether oxygens (including phenoxy) is 1. The van der Waals surface area contributed by atoms with Crippen LogP contribution in [0.4, 0.5) is 5.13 Å². The zero-order valence-corrected chi connectivity index (χ0v) is 12.0. The summed E-state index contributed by atoms with van der Waals surface area (Å²) < 4.78 is 4.64. The van der Waals surface area contributed by atoms with Crippen LogP contribution in [0.25, 0.3) is 0 Å². The Morgan fingerprint density at radius 3 is 3.06 bits per heavy atom. The van der Waals surface area contributed by atoms with E-state index in [1.807, 2.05) is 11.8 Å². The Labute approximate surface area is 115 Å². The number of carbonyl (C=O) groups is 1. The van der Waals surface area contributed by atoms with Gasteiger partial charge in [-0.3, -0.25) is 4.90 Å². The minimum atomic E-state index is -0.325. The maximum absolute atomic E-state index is 11.3. The summed E-state index contributed by atoms with van der Waals surface area (Å²) in [5.41, 5.74) is 0. The molecule has 1 N–H and O–H groups in total. The Bertz CT molecular complexity index is 391. The summed E-state index contributed by atoms with van der Waals surface area (Å²) in [6.45, 7) is 4.21. The molecule has 2 heterocycles. The van der Waals surface area contributed by atoms with E-state index in [9.17, 15) is 4.79 Å². The van der Waals surface area contributed by atoms with Gasteiger partial charge >= 0.3 is 5.97 Å². The number of nitrogens with zero attached hydrogens (tertiary/aromatic N) is 2. The van der Waals surface area contributed by atoms with Gasteiger partial charge in [-0.05, 0) is 0 Å². The molecule has 1 aliphatic rings. The zero-order chi connectivity index (χ0) is 12.8. The fraction of sp³-hybridized carbons (Fsp3) is 0.636. The molecule has 2 rings (SSSR count). The highest BCUT2D eigenvalue weighted by atomic mass is 32.2. The van der Waals surface area contributed by atoms with E-state index in [1.54, 1.807) is 6.20 Å². The Morgan fingerprint density at radius 2 is 2.33 bits per heavy atom. The van der Waals surface area contributed by atoms with Gasteiger partial charge in [0.15, 0.2) is 5.13 Å². The molecule has 5 nitrogen and oxygen atoms in total. The molecule has 0 radical (unpaired) electrons. The third-order valence-corrected chi connectivity index (χ3v) is 4.58. The maximum atomic E-state index is 11.3. The Hall–Kier alpha value is -0.790. The quantitative estimate of drug-likeness (QED) is 0.826. The normalized spacial score (nSPS) is 16.5. The fourth-order valence-corrected chi connectivity index (χ4v) is 3.44. The zero-order valence-electron chi connectivity index (χ0n) is 10.3. The number of thioether (sulfide) groups is 1. The van der Waals surface area contributed by atoms with Gasteiger partial charge in [0.1, 0.15) is 4.88 Å². The van der Waals surface area contributed by atoms with Gasteiger partial charge in [-0.15, -0.1) is 0 Å². The average Bonchev–Trinajstić information content (AvgIpc) is 2.88. The van der Waals surface area contributed by atoms with Crippen molar-refractivity contribution in [3.05, 3.63) is 11.1 Å². The number of esters is 1. The van der Waals surface area contributed by atoms with Gasteiger partial charge < -0.3 is 10.1 Å². The summed E-state index contributed by atoms with van der Waals surface area (Å²) in [5.74, 6) is 2.13. The van der Waals surface area contributed by atoms with Gasteiger partial charge in [0.25, 0.3) is 0 Å². The molecule has 0 saturated carbocycles. The van der Waals surface area contributed by atoms with Crippen molar-refractivity contribution in [2.75, 3.05) is 50.1 Å². The predicted molar refractivity (Wildman–Crippen MR) is 75.7 cm³/mol. The van der Waals surface area contributed by atoms with Crippen LogP contribution in [0.5, 0.6) is 0 Å². The second-order valence-corrected chi connectivity index (χ2v) is 6.16. The lowest BCUT2D eigenvalue weighted by Gasteiger charge is -2.25. The van der Waals surface area contributed by atoms with E-state index in [-0.39, 0.29) is 5.97 Å². The average molecular weight is 287 g/mol.